The van der Waals surface area contributed by atoms with Crippen LogP contribution < -0.4 is 0 Å². The van der Waals surface area contributed by atoms with E-state index in [2.05, 4.69) is 29.0 Å². The van der Waals surface area contributed by atoms with Crippen LogP contribution in [0.3, 0.4) is 0 Å². The Kier molecular flexibility index (Phi) is 3.76. The minimum absolute atomic E-state index is 0.0434. The van der Waals surface area contributed by atoms with Gasteiger partial charge in [-0.15, -0.1) is 0 Å². The van der Waals surface area contributed by atoms with Crippen molar-refractivity contribution >= 4 is 16.9 Å². The number of hydrogen-bond acceptors (Lipinski definition) is 3. The van der Waals surface area contributed by atoms with Crippen LogP contribution in [0, 0.1) is 6.92 Å². The van der Waals surface area contributed by atoms with Crippen molar-refractivity contribution in [2.24, 2.45) is 0 Å². The molecule has 0 aliphatic carbocycles. The van der Waals surface area contributed by atoms with E-state index in [0.29, 0.717) is 6.42 Å². The molecule has 0 saturated carbocycles. The van der Waals surface area contributed by atoms with Gasteiger partial charge in [-0.05, 0) is 49.1 Å². The molecule has 5 heteroatoms. The number of carbonyl (C=O) groups excluding carboxylic acids is 1. The van der Waals surface area contributed by atoms with Crippen molar-refractivity contribution in [3.05, 3.63) is 59.7 Å². The van der Waals surface area contributed by atoms with Crippen LogP contribution in [0.1, 0.15) is 35.8 Å². The van der Waals surface area contributed by atoms with Crippen LogP contribution in [0.4, 0.5) is 0 Å². The molecular weight excluding hydrogens is 300 g/mol. The standard InChI is InChI=1S/C19H20N4O/c1-13-6-7-15-16(10-13)22-19(21-15)17-5-3-9-23(17)18(24)11-14-4-2-8-20-12-14/h2,4,6-8,10,12,17H,3,5,9,11H2,1H3,(H,21,22). The second-order valence-electron chi connectivity index (χ2n) is 6.43. The number of benzene rings is 1. The Bertz CT molecular complexity index is 871. The first-order chi connectivity index (χ1) is 11.7. The molecule has 1 aliphatic heterocycles. The number of aromatic nitrogens is 3. The highest BCUT2D eigenvalue weighted by atomic mass is 16.2. The average Bonchev–Trinajstić information content (AvgIpc) is 3.21. The molecule has 1 N–H and O–H groups in total. The molecule has 1 unspecified atom stereocenters. The van der Waals surface area contributed by atoms with Gasteiger partial charge >= 0.3 is 0 Å². The van der Waals surface area contributed by atoms with E-state index in [1.54, 1.807) is 12.4 Å². The van der Waals surface area contributed by atoms with Gasteiger partial charge in [-0.3, -0.25) is 9.78 Å². The number of rotatable bonds is 3. The maximum Gasteiger partial charge on any atom is 0.227 e. The van der Waals surface area contributed by atoms with Gasteiger partial charge in [0.05, 0.1) is 23.5 Å². The average molecular weight is 320 g/mol. The molecule has 3 heterocycles. The third-order valence-electron chi connectivity index (χ3n) is 4.62. The Hall–Kier alpha value is -2.69. The number of carbonyl (C=O) groups is 1. The lowest BCUT2D eigenvalue weighted by atomic mass is 10.1. The van der Waals surface area contributed by atoms with Gasteiger partial charge in [0, 0.05) is 18.9 Å². The fourth-order valence-corrected chi connectivity index (χ4v) is 3.43. The van der Waals surface area contributed by atoms with Gasteiger partial charge in [-0.2, -0.15) is 0 Å². The van der Waals surface area contributed by atoms with E-state index in [9.17, 15) is 4.79 Å². The lowest BCUT2D eigenvalue weighted by Gasteiger charge is -2.23. The number of nitrogens with one attached hydrogen (secondary N) is 1. The molecule has 0 radical (unpaired) electrons. The fourth-order valence-electron chi connectivity index (χ4n) is 3.43. The predicted octanol–water partition coefficient (Wildman–Crippen LogP) is 3.17. The van der Waals surface area contributed by atoms with Crippen LogP contribution in [0.5, 0.6) is 0 Å². The van der Waals surface area contributed by atoms with Crippen molar-refractivity contribution in [3.8, 4) is 0 Å². The number of fused-ring (bicyclic) bond motifs is 1. The summed E-state index contributed by atoms with van der Waals surface area (Å²) in [4.78, 5) is 26.9. The van der Waals surface area contributed by atoms with E-state index >= 15 is 0 Å². The van der Waals surface area contributed by atoms with Crippen LogP contribution in [0.2, 0.25) is 0 Å². The zero-order valence-electron chi connectivity index (χ0n) is 13.7. The minimum Gasteiger partial charge on any atom is -0.340 e. The minimum atomic E-state index is 0.0434. The smallest absolute Gasteiger partial charge is 0.227 e. The Morgan fingerprint density at radius 3 is 3.12 bits per heavy atom. The van der Waals surface area contributed by atoms with Gasteiger partial charge in [0.1, 0.15) is 5.82 Å². The summed E-state index contributed by atoms with van der Waals surface area (Å²) in [5.74, 6) is 1.04. The van der Waals surface area contributed by atoms with E-state index < -0.39 is 0 Å². The van der Waals surface area contributed by atoms with E-state index in [4.69, 9.17) is 4.98 Å². The molecule has 2 aromatic heterocycles. The first kappa shape index (κ1) is 14.9. The van der Waals surface area contributed by atoms with Crippen LogP contribution in [0.25, 0.3) is 11.0 Å². The molecule has 1 aromatic carbocycles. The Morgan fingerprint density at radius 1 is 1.38 bits per heavy atom. The van der Waals surface area contributed by atoms with Gasteiger partial charge in [0.15, 0.2) is 0 Å². The third-order valence-corrected chi connectivity index (χ3v) is 4.62. The second kappa shape index (κ2) is 6.07. The van der Waals surface area contributed by atoms with Crippen molar-refractivity contribution in [1.82, 2.24) is 19.9 Å². The van der Waals surface area contributed by atoms with Crippen LogP contribution in [-0.4, -0.2) is 32.3 Å². The highest BCUT2D eigenvalue weighted by Crippen LogP contribution is 2.32. The van der Waals surface area contributed by atoms with Crippen LogP contribution >= 0.6 is 0 Å². The van der Waals surface area contributed by atoms with E-state index in [0.717, 1.165) is 41.8 Å². The van der Waals surface area contributed by atoms with Crippen molar-refractivity contribution in [3.63, 3.8) is 0 Å². The molecule has 122 valence electrons. The maximum atomic E-state index is 12.7. The van der Waals surface area contributed by atoms with E-state index in [1.807, 2.05) is 23.1 Å². The van der Waals surface area contributed by atoms with Crippen molar-refractivity contribution in [2.45, 2.75) is 32.2 Å². The number of likely N-dealkylation sites (tertiary alicyclic amines) is 1. The molecule has 1 aliphatic rings. The first-order valence-corrected chi connectivity index (χ1v) is 8.35. The summed E-state index contributed by atoms with van der Waals surface area (Å²) < 4.78 is 0. The third kappa shape index (κ3) is 2.77. The van der Waals surface area contributed by atoms with Gasteiger partial charge < -0.3 is 9.88 Å². The van der Waals surface area contributed by atoms with Crippen molar-refractivity contribution in [1.29, 1.82) is 0 Å². The summed E-state index contributed by atoms with van der Waals surface area (Å²) in [5, 5.41) is 0. The number of nitrogens with zero attached hydrogens (tertiary/aromatic N) is 3. The summed E-state index contributed by atoms with van der Waals surface area (Å²) in [6.45, 7) is 2.86. The molecule has 4 rings (SSSR count). The number of pyridine rings is 1. The summed E-state index contributed by atoms with van der Waals surface area (Å²) in [6.07, 6.45) is 5.84. The number of amides is 1. The SMILES string of the molecule is Cc1ccc2nc(C3CCCN3C(=O)Cc3cccnc3)[nH]c2c1. The number of hydrogen-bond donors (Lipinski definition) is 1. The van der Waals surface area contributed by atoms with Gasteiger partial charge in [-0.25, -0.2) is 4.98 Å². The van der Waals surface area contributed by atoms with Gasteiger partial charge in [-0.1, -0.05) is 12.1 Å². The summed E-state index contributed by atoms with van der Waals surface area (Å²) >= 11 is 0. The summed E-state index contributed by atoms with van der Waals surface area (Å²) in [7, 11) is 0. The number of aromatic amines is 1. The zero-order chi connectivity index (χ0) is 16.5. The quantitative estimate of drug-likeness (QED) is 0.806. The number of imidazole rings is 1. The molecule has 0 bridgehead atoms. The zero-order valence-corrected chi connectivity index (χ0v) is 13.7. The number of H-pyrrole nitrogens is 1. The number of aryl methyl sites for hydroxylation is 1. The van der Waals surface area contributed by atoms with Gasteiger partial charge in [0.25, 0.3) is 0 Å². The fraction of sp³-hybridized carbons (Fsp3) is 0.316. The Morgan fingerprint density at radius 2 is 2.29 bits per heavy atom. The lowest BCUT2D eigenvalue weighted by molar-refractivity contribution is -0.131. The molecule has 3 aromatic rings. The largest absolute Gasteiger partial charge is 0.340 e. The topological polar surface area (TPSA) is 61.9 Å². The van der Waals surface area contributed by atoms with Crippen LogP contribution in [-0.2, 0) is 11.2 Å². The molecular formula is C19H20N4O. The highest BCUT2D eigenvalue weighted by molar-refractivity contribution is 5.80. The molecule has 24 heavy (non-hydrogen) atoms. The van der Waals surface area contributed by atoms with E-state index in [-0.39, 0.29) is 11.9 Å². The van der Waals surface area contributed by atoms with Gasteiger partial charge in [0.2, 0.25) is 5.91 Å². The molecule has 1 fully saturated rings. The molecule has 0 spiro atoms. The Balaban J connectivity index is 1.58. The van der Waals surface area contributed by atoms with E-state index in [1.165, 1.54) is 5.56 Å². The highest BCUT2D eigenvalue weighted by Gasteiger charge is 2.31. The Labute approximate surface area is 140 Å². The second-order valence-corrected chi connectivity index (χ2v) is 6.43. The normalized spacial score (nSPS) is 17.5. The molecule has 1 amide bonds. The molecule has 5 nitrogen and oxygen atoms in total. The first-order valence-electron chi connectivity index (χ1n) is 8.35. The molecule has 1 atom stereocenters. The van der Waals surface area contributed by atoms with Crippen LogP contribution in [0.15, 0.2) is 42.7 Å². The predicted molar refractivity (Wildman–Crippen MR) is 92.5 cm³/mol. The molecule has 1 saturated heterocycles. The monoisotopic (exact) mass is 320 g/mol. The van der Waals surface area contributed by atoms with Crippen molar-refractivity contribution < 1.29 is 4.79 Å². The van der Waals surface area contributed by atoms with Crippen molar-refractivity contribution in [2.75, 3.05) is 6.54 Å². The lowest BCUT2D eigenvalue weighted by Crippen LogP contribution is -2.32. The summed E-state index contributed by atoms with van der Waals surface area (Å²) in [6, 6.07) is 10.0. The summed E-state index contributed by atoms with van der Waals surface area (Å²) in [5.41, 5.74) is 4.15. The maximum absolute atomic E-state index is 12.7.